The molecule has 4 aliphatic carbocycles. The van der Waals surface area contributed by atoms with Gasteiger partial charge in [0.15, 0.2) is 0 Å². The standard InChI is InChI=1S/2C17H14P.2C5H5.2Fe.Pd/c2*1-3-9-15(10-4-1)18(17-13-7-8-14-17)16-11-5-2-6-12-16;2*1-2-4-5-3-1;;;/h2*1-14H;2*1-5H;;;/q;;;;2*+2;. The molecule has 0 saturated heterocycles. The number of benzene rings is 4. The van der Waals surface area contributed by atoms with E-state index in [9.17, 15) is 0 Å². The molecular weight excluding hydrogens is 809 g/mol. The molecule has 0 spiro atoms. The van der Waals surface area contributed by atoms with E-state index in [4.69, 9.17) is 0 Å². The fourth-order valence-corrected chi connectivity index (χ4v) is 9.48. The first-order valence-electron chi connectivity index (χ1n) is 15.5. The SMILES string of the molecule is [CH]1[CH][CH][CH][CH]1.[CH]1[CH][CH][CH][CH]1.[CH]1[CH][CH][C](P(c2ccccc2)c2ccccc2)[CH]1.[CH]1[CH][CH][C](P(c2ccccc2)c2ccccc2)[CH]1.[Fe+2].[Fe+2].[Pd]. The van der Waals surface area contributed by atoms with Crippen molar-refractivity contribution in [2.75, 3.05) is 0 Å². The summed E-state index contributed by atoms with van der Waals surface area (Å²) >= 11 is 0. The molecule has 0 amide bonds. The summed E-state index contributed by atoms with van der Waals surface area (Å²) in [5.74, 6) is 0. The third kappa shape index (κ3) is 15.5. The molecule has 8 rings (SSSR count). The Morgan fingerprint density at radius 1 is 0.245 bits per heavy atom. The van der Waals surface area contributed by atoms with Gasteiger partial charge in [-0.05, 0) is 153 Å². The van der Waals surface area contributed by atoms with Gasteiger partial charge in [-0.15, -0.1) is 0 Å². The molecule has 49 heavy (non-hydrogen) atoms. The van der Waals surface area contributed by atoms with E-state index in [1.54, 1.807) is 0 Å². The zero-order valence-corrected chi connectivity index (χ0v) is 32.4. The van der Waals surface area contributed by atoms with Crippen LogP contribution in [0.2, 0.25) is 0 Å². The second-order valence-corrected chi connectivity index (χ2v) is 14.7. The molecule has 0 atom stereocenters. The fourth-order valence-electron chi connectivity index (χ4n) is 4.87. The van der Waals surface area contributed by atoms with Gasteiger partial charge < -0.3 is 0 Å². The summed E-state index contributed by atoms with van der Waals surface area (Å²) in [5.41, 5.74) is 2.84. The topological polar surface area (TPSA) is 0 Å². The Bertz CT molecular complexity index is 1110. The van der Waals surface area contributed by atoms with Crippen LogP contribution in [0.5, 0.6) is 0 Å². The van der Waals surface area contributed by atoms with Gasteiger partial charge >= 0.3 is 34.1 Å². The van der Waals surface area contributed by atoms with E-state index in [1.807, 2.05) is 64.2 Å². The summed E-state index contributed by atoms with van der Waals surface area (Å²) in [6.45, 7) is 0. The van der Waals surface area contributed by atoms with E-state index >= 15 is 0 Å². The number of hydrogen-bond acceptors (Lipinski definition) is 0. The zero-order valence-electron chi connectivity index (χ0n) is 26.9. The zero-order chi connectivity index (χ0) is 31.5. The summed E-state index contributed by atoms with van der Waals surface area (Å²) in [6, 6.07) is 43.1. The van der Waals surface area contributed by atoms with Crippen molar-refractivity contribution in [1.82, 2.24) is 0 Å². The predicted molar refractivity (Wildman–Crippen MR) is 202 cm³/mol. The van der Waals surface area contributed by atoms with Crippen molar-refractivity contribution in [3.63, 3.8) is 0 Å². The van der Waals surface area contributed by atoms with Crippen LogP contribution in [0, 0.1) is 127 Å². The molecule has 5 heteroatoms. The van der Waals surface area contributed by atoms with Gasteiger partial charge in [-0.25, -0.2) is 0 Å². The van der Waals surface area contributed by atoms with Gasteiger partial charge in [0.05, 0.1) is 0 Å². The van der Waals surface area contributed by atoms with E-state index in [-0.39, 0.29) is 54.6 Å². The third-order valence-electron chi connectivity index (χ3n) is 6.98. The second-order valence-electron chi connectivity index (χ2n) is 10.2. The summed E-state index contributed by atoms with van der Waals surface area (Å²) in [6.07, 6.45) is 37.4. The van der Waals surface area contributed by atoms with E-state index in [0.29, 0.717) is 0 Å². The van der Waals surface area contributed by atoms with E-state index in [1.165, 1.54) is 32.5 Å². The first-order valence-corrected chi connectivity index (χ1v) is 18.2. The quantitative estimate of drug-likeness (QED) is 0.134. The van der Waals surface area contributed by atoms with E-state index in [0.717, 1.165) is 0 Å². The molecule has 4 saturated carbocycles. The fraction of sp³-hybridized carbons (Fsp3) is 0. The van der Waals surface area contributed by atoms with Crippen LogP contribution in [0.4, 0.5) is 0 Å². The Morgan fingerprint density at radius 3 is 0.612 bits per heavy atom. The van der Waals surface area contributed by atoms with Crippen molar-refractivity contribution in [3.8, 4) is 0 Å². The van der Waals surface area contributed by atoms with E-state index in [2.05, 4.69) is 173 Å². The van der Waals surface area contributed by atoms with Crippen molar-refractivity contribution >= 4 is 37.1 Å². The van der Waals surface area contributed by atoms with Crippen molar-refractivity contribution in [1.29, 1.82) is 0 Å². The van der Waals surface area contributed by atoms with E-state index < -0.39 is 15.8 Å². The molecule has 0 unspecified atom stereocenters. The molecule has 0 N–H and O–H groups in total. The minimum Gasteiger partial charge on any atom is -0.0622 e. The smallest absolute Gasteiger partial charge is 0.0622 e. The molecule has 246 valence electrons. The summed E-state index contributed by atoms with van der Waals surface area (Å²) < 4.78 is 0. The molecule has 0 nitrogen and oxygen atoms in total. The van der Waals surface area contributed by atoms with Crippen LogP contribution in [-0.4, -0.2) is 0 Å². The van der Waals surface area contributed by atoms with Gasteiger partial charge in [0.25, 0.3) is 0 Å². The minimum atomic E-state index is -0.409. The Balaban J connectivity index is 0.000000253. The normalized spacial score (nSPS) is 16.9. The average molecular weight is 847 g/mol. The molecule has 4 aromatic rings. The number of rotatable bonds is 6. The van der Waals surface area contributed by atoms with Crippen LogP contribution in [-0.2, 0) is 54.6 Å². The molecule has 0 bridgehead atoms. The van der Waals surface area contributed by atoms with Crippen LogP contribution < -0.4 is 21.2 Å². The summed E-state index contributed by atoms with van der Waals surface area (Å²) in [7, 11) is -0.818. The van der Waals surface area contributed by atoms with Gasteiger partial charge in [-0.3, -0.25) is 0 Å². The molecule has 0 aliphatic heterocycles. The molecule has 4 fully saturated rings. The molecule has 4 aromatic carbocycles. The Morgan fingerprint density at radius 2 is 0.429 bits per heavy atom. The second kappa shape index (κ2) is 27.1. The van der Waals surface area contributed by atoms with Gasteiger partial charge in [-0.1, -0.05) is 121 Å². The van der Waals surface area contributed by atoms with Crippen molar-refractivity contribution in [3.05, 3.63) is 248 Å². The van der Waals surface area contributed by atoms with Crippen LogP contribution >= 0.6 is 15.8 Å². The first kappa shape index (κ1) is 44.6. The Hall–Kier alpha value is -0.559. The van der Waals surface area contributed by atoms with Gasteiger partial charge in [0, 0.05) is 31.7 Å². The van der Waals surface area contributed by atoms with Gasteiger partial charge in [0.1, 0.15) is 0 Å². The average Bonchev–Trinajstić information content (AvgIpc) is 3.98. The Labute approximate surface area is 337 Å². The minimum absolute atomic E-state index is 0. The number of hydrogen-bond donors (Lipinski definition) is 0. The molecular formula is C44H38Fe2P2Pd+4. The molecule has 20 radical (unpaired) electrons. The maximum Gasteiger partial charge on any atom is 2.00 e. The van der Waals surface area contributed by atoms with Crippen molar-refractivity contribution in [2.24, 2.45) is 0 Å². The summed E-state index contributed by atoms with van der Waals surface area (Å²) in [4.78, 5) is 0. The van der Waals surface area contributed by atoms with Crippen LogP contribution in [0.1, 0.15) is 0 Å². The van der Waals surface area contributed by atoms with Gasteiger partial charge in [-0.2, -0.15) is 0 Å². The largest absolute Gasteiger partial charge is 2.00 e. The molecule has 0 heterocycles. The van der Waals surface area contributed by atoms with Crippen LogP contribution in [0.3, 0.4) is 0 Å². The summed E-state index contributed by atoms with van der Waals surface area (Å²) in [5, 5.41) is 5.63. The van der Waals surface area contributed by atoms with Crippen molar-refractivity contribution in [2.45, 2.75) is 0 Å². The first-order chi connectivity index (χ1) is 22.9. The monoisotopic (exact) mass is 846 g/mol. The third-order valence-corrected chi connectivity index (χ3v) is 11.9. The maximum atomic E-state index is 2.23. The van der Waals surface area contributed by atoms with Crippen molar-refractivity contribution < 1.29 is 54.6 Å². The molecule has 0 aromatic heterocycles. The van der Waals surface area contributed by atoms with Crippen LogP contribution in [0.25, 0.3) is 0 Å². The predicted octanol–water partition coefficient (Wildman–Crippen LogP) is 9.00. The van der Waals surface area contributed by atoms with Crippen LogP contribution in [0.15, 0.2) is 121 Å². The maximum absolute atomic E-state index is 2.23. The molecule has 4 aliphatic rings. The van der Waals surface area contributed by atoms with Gasteiger partial charge in [0.2, 0.25) is 0 Å². The Kier molecular flexibility index (Phi) is 24.7.